The molecule has 0 saturated carbocycles. The standard InChI is InChI=1S/C24H28N4O4/c1-3-32-23(30)20-21(17-9-11-19(31-2)12-10-17)25-24(26-22(20)29)28-15-13-27(14-16-28)18-7-5-4-6-8-18/h4-12,20-21H,3,13-16H2,1-2H3,(H,25,26,29)/t20-,21+/m1/s1. The fraction of sp³-hybridized carbons (Fsp3) is 0.375. The Bertz CT molecular complexity index is 969. The minimum absolute atomic E-state index is 0.204. The number of hydrogen-bond donors (Lipinski definition) is 1. The van der Waals surface area contributed by atoms with Crippen LogP contribution >= 0.6 is 0 Å². The van der Waals surface area contributed by atoms with Crippen LogP contribution in [0, 0.1) is 5.92 Å². The zero-order valence-electron chi connectivity index (χ0n) is 18.4. The number of amides is 1. The van der Waals surface area contributed by atoms with E-state index in [1.165, 1.54) is 5.69 Å². The predicted octanol–water partition coefficient (Wildman–Crippen LogP) is 2.22. The van der Waals surface area contributed by atoms with Crippen LogP contribution in [0.2, 0.25) is 0 Å². The van der Waals surface area contributed by atoms with E-state index in [9.17, 15) is 9.59 Å². The lowest BCUT2D eigenvalue weighted by Crippen LogP contribution is -2.57. The van der Waals surface area contributed by atoms with E-state index < -0.39 is 17.9 Å². The summed E-state index contributed by atoms with van der Waals surface area (Å²) in [6, 6.07) is 16.9. The summed E-state index contributed by atoms with van der Waals surface area (Å²) < 4.78 is 10.4. The summed E-state index contributed by atoms with van der Waals surface area (Å²) in [5, 5.41) is 2.85. The zero-order valence-corrected chi connectivity index (χ0v) is 18.4. The number of guanidine groups is 1. The van der Waals surface area contributed by atoms with Crippen LogP contribution in [0.1, 0.15) is 18.5 Å². The number of nitrogens with zero attached hydrogens (tertiary/aromatic N) is 3. The van der Waals surface area contributed by atoms with Crippen molar-refractivity contribution in [1.29, 1.82) is 0 Å². The van der Waals surface area contributed by atoms with Crippen molar-refractivity contribution >= 4 is 23.5 Å². The lowest BCUT2D eigenvalue weighted by molar-refractivity contribution is -0.153. The van der Waals surface area contributed by atoms with Gasteiger partial charge in [0.05, 0.1) is 13.7 Å². The SMILES string of the molecule is CCOC(=O)[C@H]1C(=O)NC(N2CCN(c3ccccc3)CC2)=N[C@H]1c1ccc(OC)cc1. The number of rotatable bonds is 5. The van der Waals surface area contributed by atoms with Crippen molar-refractivity contribution in [3.63, 3.8) is 0 Å². The van der Waals surface area contributed by atoms with Crippen LogP contribution in [-0.2, 0) is 14.3 Å². The number of piperazine rings is 1. The van der Waals surface area contributed by atoms with Gasteiger partial charge in [-0.05, 0) is 36.8 Å². The molecule has 8 heteroatoms. The van der Waals surface area contributed by atoms with Crippen molar-refractivity contribution in [3.8, 4) is 5.75 Å². The fourth-order valence-electron chi connectivity index (χ4n) is 4.08. The Hall–Kier alpha value is -3.55. The topological polar surface area (TPSA) is 83.5 Å². The quantitative estimate of drug-likeness (QED) is 0.572. The third-order valence-electron chi connectivity index (χ3n) is 5.79. The third-order valence-corrected chi connectivity index (χ3v) is 5.79. The first kappa shape index (κ1) is 21.7. The van der Waals surface area contributed by atoms with Crippen molar-refractivity contribution in [2.75, 3.05) is 44.8 Å². The highest BCUT2D eigenvalue weighted by molar-refractivity contribution is 6.08. The lowest BCUT2D eigenvalue weighted by Gasteiger charge is -2.39. The van der Waals surface area contributed by atoms with Crippen LogP contribution in [0.5, 0.6) is 5.75 Å². The van der Waals surface area contributed by atoms with Gasteiger partial charge in [0, 0.05) is 31.9 Å². The van der Waals surface area contributed by atoms with E-state index in [2.05, 4.69) is 27.2 Å². The molecule has 0 spiro atoms. The summed E-state index contributed by atoms with van der Waals surface area (Å²) in [5.41, 5.74) is 1.94. The molecule has 2 atom stereocenters. The molecule has 1 N–H and O–H groups in total. The van der Waals surface area contributed by atoms with Gasteiger partial charge in [-0.1, -0.05) is 30.3 Å². The van der Waals surface area contributed by atoms with Gasteiger partial charge in [-0.2, -0.15) is 0 Å². The van der Waals surface area contributed by atoms with Crippen molar-refractivity contribution < 1.29 is 19.1 Å². The maximum Gasteiger partial charge on any atom is 0.321 e. The second-order valence-corrected chi connectivity index (χ2v) is 7.70. The summed E-state index contributed by atoms with van der Waals surface area (Å²) in [5.74, 6) is -0.785. The smallest absolute Gasteiger partial charge is 0.321 e. The normalized spacial score (nSPS) is 20.9. The molecule has 0 unspecified atom stereocenters. The van der Waals surface area contributed by atoms with Crippen LogP contribution < -0.4 is 15.0 Å². The van der Waals surface area contributed by atoms with Gasteiger partial charge in [-0.25, -0.2) is 4.99 Å². The van der Waals surface area contributed by atoms with Crippen LogP contribution in [0.4, 0.5) is 5.69 Å². The number of nitrogens with one attached hydrogen (secondary N) is 1. The number of carbonyl (C=O) groups is 2. The summed E-state index contributed by atoms with van der Waals surface area (Å²) >= 11 is 0. The molecule has 0 radical (unpaired) electrons. The van der Waals surface area contributed by atoms with E-state index in [1.54, 1.807) is 26.2 Å². The molecular formula is C24H28N4O4. The van der Waals surface area contributed by atoms with Crippen molar-refractivity contribution in [1.82, 2.24) is 10.2 Å². The van der Waals surface area contributed by atoms with Crippen molar-refractivity contribution in [2.24, 2.45) is 10.9 Å². The van der Waals surface area contributed by atoms with E-state index in [0.29, 0.717) is 24.8 Å². The number of benzene rings is 2. The Morgan fingerprint density at radius 2 is 1.69 bits per heavy atom. The molecule has 8 nitrogen and oxygen atoms in total. The van der Waals surface area contributed by atoms with Crippen molar-refractivity contribution in [2.45, 2.75) is 13.0 Å². The van der Waals surface area contributed by atoms with Gasteiger partial charge in [0.2, 0.25) is 11.9 Å². The first-order chi connectivity index (χ1) is 15.6. The number of ether oxygens (including phenoxy) is 2. The van der Waals surface area contributed by atoms with E-state index in [0.717, 1.165) is 18.7 Å². The average Bonchev–Trinajstić information content (AvgIpc) is 2.84. The number of esters is 1. The molecule has 1 saturated heterocycles. The van der Waals surface area contributed by atoms with Gasteiger partial charge in [-0.3, -0.25) is 14.9 Å². The third kappa shape index (κ3) is 4.54. The highest BCUT2D eigenvalue weighted by Crippen LogP contribution is 2.32. The Morgan fingerprint density at radius 3 is 2.31 bits per heavy atom. The number of aliphatic imine (C=N–C) groups is 1. The first-order valence-corrected chi connectivity index (χ1v) is 10.8. The molecule has 1 amide bonds. The van der Waals surface area contributed by atoms with Gasteiger partial charge in [-0.15, -0.1) is 0 Å². The van der Waals surface area contributed by atoms with Crippen LogP contribution in [0.25, 0.3) is 0 Å². The molecule has 2 aromatic carbocycles. The molecule has 2 aromatic rings. The number of carbonyl (C=O) groups excluding carboxylic acids is 2. The molecule has 2 aliphatic rings. The van der Waals surface area contributed by atoms with Gasteiger partial charge in [0.15, 0.2) is 5.92 Å². The number of methoxy groups -OCH3 is 1. The monoisotopic (exact) mass is 436 g/mol. The molecule has 1 fully saturated rings. The Labute approximate surface area is 187 Å². The predicted molar refractivity (Wildman–Crippen MR) is 122 cm³/mol. The molecular weight excluding hydrogens is 408 g/mol. The average molecular weight is 437 g/mol. The van der Waals surface area contributed by atoms with Gasteiger partial charge in [0.25, 0.3) is 0 Å². The van der Waals surface area contributed by atoms with E-state index in [4.69, 9.17) is 14.5 Å². The van der Waals surface area contributed by atoms with Crippen LogP contribution in [0.15, 0.2) is 59.6 Å². The molecule has 4 rings (SSSR count). The lowest BCUT2D eigenvalue weighted by atomic mass is 9.91. The molecule has 0 aliphatic carbocycles. The molecule has 2 heterocycles. The Balaban J connectivity index is 1.56. The zero-order chi connectivity index (χ0) is 22.5. The van der Waals surface area contributed by atoms with Gasteiger partial charge in [0.1, 0.15) is 11.8 Å². The summed E-state index contributed by atoms with van der Waals surface area (Å²) in [6.07, 6.45) is 0. The van der Waals surface area contributed by atoms with Crippen molar-refractivity contribution in [3.05, 3.63) is 60.2 Å². The van der Waals surface area contributed by atoms with Gasteiger partial charge >= 0.3 is 5.97 Å². The second-order valence-electron chi connectivity index (χ2n) is 7.70. The minimum Gasteiger partial charge on any atom is -0.497 e. The van der Waals surface area contributed by atoms with Gasteiger partial charge < -0.3 is 19.3 Å². The maximum absolute atomic E-state index is 13.0. The minimum atomic E-state index is -1.03. The molecule has 0 bridgehead atoms. The number of para-hydroxylation sites is 1. The van der Waals surface area contributed by atoms with Crippen LogP contribution in [0.3, 0.4) is 0 Å². The van der Waals surface area contributed by atoms with E-state index in [-0.39, 0.29) is 12.5 Å². The highest BCUT2D eigenvalue weighted by atomic mass is 16.5. The molecule has 32 heavy (non-hydrogen) atoms. The summed E-state index contributed by atoms with van der Waals surface area (Å²) in [4.78, 5) is 34.8. The summed E-state index contributed by atoms with van der Waals surface area (Å²) in [7, 11) is 1.59. The van der Waals surface area contributed by atoms with E-state index in [1.807, 2.05) is 30.3 Å². The maximum atomic E-state index is 13.0. The second kappa shape index (κ2) is 9.72. The molecule has 168 valence electrons. The Morgan fingerprint density at radius 1 is 1.03 bits per heavy atom. The van der Waals surface area contributed by atoms with Crippen LogP contribution in [-0.4, -0.2) is 62.6 Å². The largest absolute Gasteiger partial charge is 0.497 e. The number of anilines is 1. The Kier molecular flexibility index (Phi) is 6.58. The van der Waals surface area contributed by atoms with E-state index >= 15 is 0 Å². The number of hydrogen-bond acceptors (Lipinski definition) is 7. The highest BCUT2D eigenvalue weighted by Gasteiger charge is 2.42. The fourth-order valence-corrected chi connectivity index (χ4v) is 4.08. The molecule has 2 aliphatic heterocycles. The first-order valence-electron chi connectivity index (χ1n) is 10.8. The summed E-state index contributed by atoms with van der Waals surface area (Å²) in [6.45, 7) is 4.99. The molecule has 0 aromatic heterocycles.